The van der Waals surface area contributed by atoms with Crippen LogP contribution in [0, 0.1) is 12.7 Å². The molecule has 3 rings (SSSR count). The largest absolute Gasteiger partial charge is 0.340 e. The van der Waals surface area contributed by atoms with Crippen molar-refractivity contribution in [2.45, 2.75) is 20.4 Å². The topological polar surface area (TPSA) is 41.1 Å². The lowest BCUT2D eigenvalue weighted by Crippen LogP contribution is -2.24. The van der Waals surface area contributed by atoms with E-state index in [4.69, 9.17) is 0 Å². The molecule has 0 fully saturated rings. The number of hydrogen-bond donors (Lipinski definition) is 1. The molecule has 1 aromatic heterocycles. The molecule has 0 bridgehead atoms. The van der Waals surface area contributed by atoms with Gasteiger partial charge in [0.15, 0.2) is 0 Å². The molecule has 4 nitrogen and oxygen atoms in total. The number of benzene rings is 2. The summed E-state index contributed by atoms with van der Waals surface area (Å²) in [5.41, 5.74) is 2.72. The molecule has 1 heterocycles. The second-order valence-electron chi connectivity index (χ2n) is 5.83. The van der Waals surface area contributed by atoms with Crippen molar-refractivity contribution in [3.63, 3.8) is 0 Å². The van der Waals surface area contributed by atoms with E-state index in [1.807, 2.05) is 37.3 Å². The van der Waals surface area contributed by atoms with Crippen molar-refractivity contribution >= 4 is 17.5 Å². The Kier molecular flexibility index (Phi) is 5.23. The van der Waals surface area contributed by atoms with Gasteiger partial charge in [-0.1, -0.05) is 36.4 Å². The first-order chi connectivity index (χ1) is 12.1. The van der Waals surface area contributed by atoms with Gasteiger partial charge in [0.1, 0.15) is 11.6 Å². The highest BCUT2D eigenvalue weighted by molar-refractivity contribution is 5.57. The Morgan fingerprint density at radius 1 is 1.00 bits per heavy atom. The zero-order valence-corrected chi connectivity index (χ0v) is 14.4. The highest BCUT2D eigenvalue weighted by Crippen LogP contribution is 2.20. The van der Waals surface area contributed by atoms with Gasteiger partial charge in [-0.15, -0.1) is 0 Å². The molecule has 0 radical (unpaired) electrons. The third kappa shape index (κ3) is 4.53. The Bertz CT molecular complexity index is 836. The minimum absolute atomic E-state index is 0.282. The van der Waals surface area contributed by atoms with Crippen LogP contribution >= 0.6 is 0 Å². The number of rotatable bonds is 6. The molecule has 25 heavy (non-hydrogen) atoms. The lowest BCUT2D eigenvalue weighted by Gasteiger charge is -2.22. The Morgan fingerprint density at radius 2 is 1.80 bits per heavy atom. The number of aromatic nitrogens is 2. The summed E-state index contributed by atoms with van der Waals surface area (Å²) >= 11 is 0. The van der Waals surface area contributed by atoms with Gasteiger partial charge in [-0.3, -0.25) is 0 Å². The summed E-state index contributed by atoms with van der Waals surface area (Å²) in [6, 6.07) is 18.4. The smallest absolute Gasteiger partial charge is 0.227 e. The van der Waals surface area contributed by atoms with Gasteiger partial charge in [0.2, 0.25) is 5.95 Å². The SMILES string of the molecule is CCN(Cc1ccccc1)c1nc(C)cc(Nc2cccc(F)c2)n1. The minimum Gasteiger partial charge on any atom is -0.340 e. The van der Waals surface area contributed by atoms with Crippen molar-refractivity contribution < 1.29 is 4.39 Å². The first kappa shape index (κ1) is 16.9. The lowest BCUT2D eigenvalue weighted by molar-refractivity contribution is 0.628. The van der Waals surface area contributed by atoms with Crippen LogP contribution in [0.2, 0.25) is 0 Å². The zero-order valence-electron chi connectivity index (χ0n) is 14.4. The van der Waals surface area contributed by atoms with Crippen LogP contribution in [0.4, 0.5) is 21.8 Å². The van der Waals surface area contributed by atoms with Crippen molar-refractivity contribution in [1.29, 1.82) is 0 Å². The normalized spacial score (nSPS) is 10.5. The van der Waals surface area contributed by atoms with Gasteiger partial charge in [0.05, 0.1) is 0 Å². The summed E-state index contributed by atoms with van der Waals surface area (Å²) in [4.78, 5) is 11.3. The summed E-state index contributed by atoms with van der Waals surface area (Å²) in [6.07, 6.45) is 0. The predicted molar refractivity (Wildman–Crippen MR) is 99.6 cm³/mol. The van der Waals surface area contributed by atoms with Crippen molar-refractivity contribution in [2.24, 2.45) is 0 Å². The van der Waals surface area contributed by atoms with E-state index in [1.165, 1.54) is 17.7 Å². The molecule has 2 aromatic carbocycles. The second-order valence-corrected chi connectivity index (χ2v) is 5.83. The van der Waals surface area contributed by atoms with Crippen molar-refractivity contribution in [3.8, 4) is 0 Å². The Labute approximate surface area is 147 Å². The molecule has 0 atom stereocenters. The predicted octanol–water partition coefficient (Wildman–Crippen LogP) is 4.69. The van der Waals surface area contributed by atoms with Crippen LogP contribution in [-0.4, -0.2) is 16.5 Å². The third-order valence-electron chi connectivity index (χ3n) is 3.82. The monoisotopic (exact) mass is 336 g/mol. The number of halogens is 1. The summed E-state index contributed by atoms with van der Waals surface area (Å²) in [6.45, 7) is 5.53. The highest BCUT2D eigenvalue weighted by Gasteiger charge is 2.11. The van der Waals surface area contributed by atoms with E-state index in [2.05, 4.69) is 39.2 Å². The molecule has 0 aliphatic rings. The van der Waals surface area contributed by atoms with E-state index < -0.39 is 0 Å². The van der Waals surface area contributed by atoms with Crippen molar-refractivity contribution in [3.05, 3.63) is 77.7 Å². The first-order valence-electron chi connectivity index (χ1n) is 8.31. The molecular weight excluding hydrogens is 315 g/mol. The van der Waals surface area contributed by atoms with Crippen LogP contribution in [0.15, 0.2) is 60.7 Å². The molecule has 0 unspecified atom stereocenters. The van der Waals surface area contributed by atoms with Gasteiger partial charge < -0.3 is 10.2 Å². The fourth-order valence-electron chi connectivity index (χ4n) is 2.60. The summed E-state index contributed by atoms with van der Waals surface area (Å²) < 4.78 is 13.4. The van der Waals surface area contributed by atoms with Gasteiger partial charge >= 0.3 is 0 Å². The van der Waals surface area contributed by atoms with Crippen LogP contribution in [-0.2, 0) is 6.54 Å². The average molecular weight is 336 g/mol. The van der Waals surface area contributed by atoms with Crippen LogP contribution in [0.3, 0.4) is 0 Å². The maximum atomic E-state index is 13.4. The van der Waals surface area contributed by atoms with E-state index in [9.17, 15) is 4.39 Å². The Hall–Kier alpha value is -2.95. The van der Waals surface area contributed by atoms with Crippen LogP contribution in [0.5, 0.6) is 0 Å². The highest BCUT2D eigenvalue weighted by atomic mass is 19.1. The van der Waals surface area contributed by atoms with E-state index in [-0.39, 0.29) is 5.82 Å². The molecule has 5 heteroatoms. The second kappa shape index (κ2) is 7.75. The summed E-state index contributed by atoms with van der Waals surface area (Å²) in [5.74, 6) is 1.03. The fourth-order valence-corrected chi connectivity index (χ4v) is 2.60. The number of hydrogen-bond acceptors (Lipinski definition) is 4. The molecular formula is C20H21FN4. The molecule has 0 amide bonds. The summed E-state index contributed by atoms with van der Waals surface area (Å²) in [5, 5.41) is 3.15. The van der Waals surface area contributed by atoms with E-state index in [0.717, 1.165) is 18.8 Å². The van der Waals surface area contributed by atoms with Gasteiger partial charge in [-0.2, -0.15) is 4.98 Å². The Balaban J connectivity index is 1.84. The Morgan fingerprint density at radius 3 is 2.52 bits per heavy atom. The average Bonchev–Trinajstić information content (AvgIpc) is 2.60. The maximum absolute atomic E-state index is 13.4. The van der Waals surface area contributed by atoms with E-state index in [1.54, 1.807) is 6.07 Å². The van der Waals surface area contributed by atoms with Crippen LogP contribution < -0.4 is 10.2 Å². The van der Waals surface area contributed by atoms with Gasteiger partial charge in [-0.05, 0) is 37.6 Å². The number of nitrogens with zero attached hydrogens (tertiary/aromatic N) is 3. The standard InChI is InChI=1S/C20H21FN4/c1-3-25(14-16-8-5-4-6-9-16)20-22-15(2)12-19(24-20)23-18-11-7-10-17(21)13-18/h4-13H,3,14H2,1-2H3,(H,22,23,24). The number of aryl methyl sites for hydroxylation is 1. The minimum atomic E-state index is -0.282. The maximum Gasteiger partial charge on any atom is 0.227 e. The molecule has 0 aliphatic heterocycles. The van der Waals surface area contributed by atoms with E-state index in [0.29, 0.717) is 17.5 Å². The molecule has 3 aromatic rings. The van der Waals surface area contributed by atoms with Crippen molar-refractivity contribution in [2.75, 3.05) is 16.8 Å². The number of anilines is 3. The van der Waals surface area contributed by atoms with Crippen LogP contribution in [0.1, 0.15) is 18.2 Å². The summed E-state index contributed by atoms with van der Waals surface area (Å²) in [7, 11) is 0. The first-order valence-corrected chi connectivity index (χ1v) is 8.31. The molecule has 1 N–H and O–H groups in total. The molecule has 128 valence electrons. The third-order valence-corrected chi connectivity index (χ3v) is 3.82. The van der Waals surface area contributed by atoms with Crippen LogP contribution in [0.25, 0.3) is 0 Å². The number of nitrogens with one attached hydrogen (secondary N) is 1. The lowest BCUT2D eigenvalue weighted by atomic mass is 10.2. The van der Waals surface area contributed by atoms with Gasteiger partial charge in [0, 0.05) is 30.5 Å². The molecule has 0 aliphatic carbocycles. The molecule has 0 saturated heterocycles. The zero-order chi connectivity index (χ0) is 17.6. The van der Waals surface area contributed by atoms with Crippen molar-refractivity contribution in [1.82, 2.24) is 9.97 Å². The van der Waals surface area contributed by atoms with E-state index >= 15 is 0 Å². The molecule has 0 spiro atoms. The van der Waals surface area contributed by atoms with Gasteiger partial charge in [-0.25, -0.2) is 9.37 Å². The fraction of sp³-hybridized carbons (Fsp3) is 0.200. The quantitative estimate of drug-likeness (QED) is 0.709. The van der Waals surface area contributed by atoms with Gasteiger partial charge in [0.25, 0.3) is 0 Å². The molecule has 0 saturated carbocycles.